The van der Waals surface area contributed by atoms with Crippen molar-refractivity contribution < 1.29 is 4.79 Å². The Morgan fingerprint density at radius 1 is 1.33 bits per heavy atom. The van der Waals surface area contributed by atoms with E-state index in [2.05, 4.69) is 33.4 Å². The van der Waals surface area contributed by atoms with Gasteiger partial charge >= 0.3 is 0 Å². The first-order valence-corrected chi connectivity index (χ1v) is 7.30. The van der Waals surface area contributed by atoms with Crippen molar-refractivity contribution in [3.63, 3.8) is 0 Å². The quantitative estimate of drug-likeness (QED) is 0.906. The fourth-order valence-corrected chi connectivity index (χ4v) is 3.11. The highest BCUT2D eigenvalue weighted by Gasteiger charge is 2.45. The van der Waals surface area contributed by atoms with E-state index in [0.717, 1.165) is 37.1 Å². The van der Waals surface area contributed by atoms with E-state index in [1.54, 1.807) is 0 Å². The van der Waals surface area contributed by atoms with Crippen LogP contribution in [0.3, 0.4) is 0 Å². The number of piperazine rings is 1. The van der Waals surface area contributed by atoms with Crippen LogP contribution in [-0.4, -0.2) is 37.0 Å². The molecule has 2 fully saturated rings. The van der Waals surface area contributed by atoms with Crippen LogP contribution in [0.5, 0.6) is 0 Å². The molecular formula is C14H17BrN2O. The van der Waals surface area contributed by atoms with Crippen molar-refractivity contribution in [2.45, 2.75) is 12.3 Å². The van der Waals surface area contributed by atoms with Crippen LogP contribution in [0.4, 0.5) is 0 Å². The second-order valence-electron chi connectivity index (χ2n) is 5.08. The largest absolute Gasteiger partial charge is 0.340 e. The van der Waals surface area contributed by atoms with E-state index in [4.69, 9.17) is 0 Å². The van der Waals surface area contributed by atoms with Gasteiger partial charge in [0.2, 0.25) is 5.91 Å². The summed E-state index contributed by atoms with van der Waals surface area (Å²) in [5.41, 5.74) is 1.29. The van der Waals surface area contributed by atoms with Gasteiger partial charge in [-0.05, 0) is 30.0 Å². The molecular weight excluding hydrogens is 292 g/mol. The zero-order valence-corrected chi connectivity index (χ0v) is 11.8. The van der Waals surface area contributed by atoms with Crippen molar-refractivity contribution in [3.8, 4) is 0 Å². The van der Waals surface area contributed by atoms with E-state index < -0.39 is 0 Å². The van der Waals surface area contributed by atoms with Crippen LogP contribution in [0, 0.1) is 5.92 Å². The Balaban J connectivity index is 1.64. The molecule has 1 aromatic carbocycles. The summed E-state index contributed by atoms with van der Waals surface area (Å²) in [5, 5.41) is 3.28. The van der Waals surface area contributed by atoms with Crippen LogP contribution in [0.1, 0.15) is 17.9 Å². The van der Waals surface area contributed by atoms with Crippen LogP contribution in [-0.2, 0) is 4.79 Å². The third-order valence-electron chi connectivity index (χ3n) is 3.81. The molecule has 2 atom stereocenters. The van der Waals surface area contributed by atoms with Gasteiger partial charge in [-0.2, -0.15) is 0 Å². The van der Waals surface area contributed by atoms with E-state index in [9.17, 15) is 4.79 Å². The summed E-state index contributed by atoms with van der Waals surface area (Å²) in [5.74, 6) is 1.00. The van der Waals surface area contributed by atoms with Gasteiger partial charge in [-0.1, -0.05) is 28.1 Å². The molecule has 0 bridgehead atoms. The summed E-state index contributed by atoms with van der Waals surface area (Å²) in [4.78, 5) is 14.3. The minimum Gasteiger partial charge on any atom is -0.340 e. The summed E-state index contributed by atoms with van der Waals surface area (Å²) in [6.07, 6.45) is 1.01. The predicted octanol–water partition coefficient (Wildman–Crippen LogP) is 1.98. The fraction of sp³-hybridized carbons (Fsp3) is 0.500. The molecule has 1 amide bonds. The summed E-state index contributed by atoms with van der Waals surface area (Å²) < 4.78 is 1.10. The van der Waals surface area contributed by atoms with Crippen LogP contribution < -0.4 is 5.32 Å². The lowest BCUT2D eigenvalue weighted by molar-refractivity contribution is -0.133. The molecule has 1 heterocycles. The maximum Gasteiger partial charge on any atom is 0.226 e. The minimum atomic E-state index is 0.220. The molecule has 18 heavy (non-hydrogen) atoms. The smallest absolute Gasteiger partial charge is 0.226 e. The highest BCUT2D eigenvalue weighted by Crippen LogP contribution is 2.48. The molecule has 1 aromatic rings. The topological polar surface area (TPSA) is 32.3 Å². The van der Waals surface area contributed by atoms with Crippen LogP contribution in [0.15, 0.2) is 28.7 Å². The molecule has 1 saturated carbocycles. The van der Waals surface area contributed by atoms with Gasteiger partial charge in [0.1, 0.15) is 0 Å². The Kier molecular flexibility index (Phi) is 3.39. The molecule has 1 N–H and O–H groups in total. The lowest BCUT2D eigenvalue weighted by atomic mass is 10.1. The average Bonchev–Trinajstić information content (AvgIpc) is 3.19. The van der Waals surface area contributed by atoms with Gasteiger partial charge in [0, 0.05) is 36.6 Å². The first-order chi connectivity index (χ1) is 8.75. The second kappa shape index (κ2) is 5.02. The number of hydrogen-bond donors (Lipinski definition) is 1. The summed E-state index contributed by atoms with van der Waals surface area (Å²) >= 11 is 3.49. The lowest BCUT2D eigenvalue weighted by Crippen LogP contribution is -2.47. The highest BCUT2D eigenvalue weighted by atomic mass is 79.9. The third kappa shape index (κ3) is 2.45. The Morgan fingerprint density at radius 2 is 2.11 bits per heavy atom. The molecule has 3 nitrogen and oxygen atoms in total. The molecule has 3 rings (SSSR count). The summed E-state index contributed by atoms with van der Waals surface area (Å²) in [6.45, 7) is 3.58. The van der Waals surface area contributed by atoms with E-state index in [1.165, 1.54) is 5.56 Å². The summed E-state index contributed by atoms with van der Waals surface area (Å²) in [7, 11) is 0. The number of carbonyl (C=O) groups is 1. The van der Waals surface area contributed by atoms with E-state index in [1.807, 2.05) is 17.0 Å². The standard InChI is InChI=1S/C14H17BrN2O/c15-11-3-1-2-10(8-11)12-9-13(12)14(18)17-6-4-16-5-7-17/h1-3,8,12-13,16H,4-7,9H2/t12-,13+/m1/s1. The van der Waals surface area contributed by atoms with Gasteiger partial charge in [0.25, 0.3) is 0 Å². The van der Waals surface area contributed by atoms with Crippen LogP contribution in [0.25, 0.3) is 0 Å². The molecule has 0 radical (unpaired) electrons. The molecule has 96 valence electrons. The van der Waals surface area contributed by atoms with E-state index >= 15 is 0 Å². The monoisotopic (exact) mass is 308 g/mol. The molecule has 0 aromatic heterocycles. The number of carbonyl (C=O) groups excluding carboxylic acids is 1. The van der Waals surface area contributed by atoms with E-state index in [-0.39, 0.29) is 5.92 Å². The maximum absolute atomic E-state index is 12.3. The Bertz CT molecular complexity index is 457. The Morgan fingerprint density at radius 3 is 2.83 bits per heavy atom. The third-order valence-corrected chi connectivity index (χ3v) is 4.31. The molecule has 1 saturated heterocycles. The molecule has 0 spiro atoms. The minimum absolute atomic E-state index is 0.220. The Hall–Kier alpha value is -0.870. The van der Waals surface area contributed by atoms with Gasteiger partial charge in [-0.25, -0.2) is 0 Å². The first-order valence-electron chi connectivity index (χ1n) is 6.50. The zero-order chi connectivity index (χ0) is 12.5. The van der Waals surface area contributed by atoms with E-state index in [0.29, 0.717) is 11.8 Å². The SMILES string of the molecule is O=C([C@H]1C[C@@H]1c1cccc(Br)c1)N1CCNCC1. The van der Waals surface area contributed by atoms with Crippen molar-refractivity contribution in [2.24, 2.45) is 5.92 Å². The molecule has 1 aliphatic heterocycles. The second-order valence-corrected chi connectivity index (χ2v) is 5.99. The highest BCUT2D eigenvalue weighted by molar-refractivity contribution is 9.10. The molecule has 2 aliphatic rings. The number of amides is 1. The van der Waals surface area contributed by atoms with Crippen molar-refractivity contribution in [3.05, 3.63) is 34.3 Å². The van der Waals surface area contributed by atoms with Crippen molar-refractivity contribution >= 4 is 21.8 Å². The Labute approximate surface area is 116 Å². The number of nitrogens with one attached hydrogen (secondary N) is 1. The maximum atomic E-state index is 12.3. The van der Waals surface area contributed by atoms with Crippen molar-refractivity contribution in [2.75, 3.05) is 26.2 Å². The zero-order valence-electron chi connectivity index (χ0n) is 10.2. The number of benzene rings is 1. The van der Waals surface area contributed by atoms with Gasteiger partial charge in [0.15, 0.2) is 0 Å². The fourth-order valence-electron chi connectivity index (χ4n) is 2.69. The van der Waals surface area contributed by atoms with Crippen LogP contribution in [0.2, 0.25) is 0 Å². The number of halogens is 1. The van der Waals surface area contributed by atoms with Crippen LogP contribution >= 0.6 is 15.9 Å². The first kappa shape index (κ1) is 12.2. The van der Waals surface area contributed by atoms with Crippen molar-refractivity contribution in [1.29, 1.82) is 0 Å². The molecule has 0 unspecified atom stereocenters. The summed E-state index contributed by atoms with van der Waals surface area (Å²) in [6, 6.07) is 8.33. The molecule has 4 heteroatoms. The van der Waals surface area contributed by atoms with Gasteiger partial charge < -0.3 is 10.2 Å². The number of hydrogen-bond acceptors (Lipinski definition) is 2. The predicted molar refractivity (Wildman–Crippen MR) is 74.4 cm³/mol. The van der Waals surface area contributed by atoms with Gasteiger partial charge in [-0.3, -0.25) is 4.79 Å². The van der Waals surface area contributed by atoms with Gasteiger partial charge in [-0.15, -0.1) is 0 Å². The molecule has 1 aliphatic carbocycles. The lowest BCUT2D eigenvalue weighted by Gasteiger charge is -2.27. The number of nitrogens with zero attached hydrogens (tertiary/aromatic N) is 1. The number of rotatable bonds is 2. The normalized spacial score (nSPS) is 27.1. The van der Waals surface area contributed by atoms with Gasteiger partial charge in [0.05, 0.1) is 0 Å². The average molecular weight is 309 g/mol. The van der Waals surface area contributed by atoms with Crippen molar-refractivity contribution in [1.82, 2.24) is 10.2 Å².